The van der Waals surface area contributed by atoms with Crippen LogP contribution >= 0.6 is 0 Å². The fourth-order valence-electron chi connectivity index (χ4n) is 4.79. The van der Waals surface area contributed by atoms with Gasteiger partial charge in [-0.25, -0.2) is 0 Å². The molecule has 1 atom stereocenters. The van der Waals surface area contributed by atoms with Gasteiger partial charge in [-0.05, 0) is 26.2 Å². The lowest BCUT2D eigenvalue weighted by Crippen LogP contribution is -2.47. The molecule has 2 heterocycles. The van der Waals surface area contributed by atoms with Gasteiger partial charge in [-0.2, -0.15) is 0 Å². The van der Waals surface area contributed by atoms with E-state index in [1.165, 1.54) is 6.42 Å². The van der Waals surface area contributed by atoms with Crippen LogP contribution in [0.2, 0.25) is 0 Å². The number of hydrogen-bond acceptors (Lipinski definition) is 4. The number of carbonyl (C=O) groups is 1. The van der Waals surface area contributed by atoms with Gasteiger partial charge in [0, 0.05) is 52.9 Å². The normalized spacial score (nSPS) is 26.4. The minimum Gasteiger partial charge on any atom is -0.379 e. The molecule has 3 rings (SSSR count). The standard InChI is InChI=1S/C20H37N5O2/c1-4-21-19(22-16-20(8-5-6-9-20)18(26)23(2)3)25-10-7-17(15-25)24-11-13-27-14-12-24/h17H,4-16H2,1-3H3,(H,21,22). The second-order valence-electron chi connectivity index (χ2n) is 8.39. The number of nitrogens with one attached hydrogen (secondary N) is 1. The number of carbonyl (C=O) groups excluding carboxylic acids is 1. The van der Waals surface area contributed by atoms with E-state index in [1.807, 2.05) is 14.1 Å². The smallest absolute Gasteiger partial charge is 0.230 e. The number of aliphatic imine (C=N–C) groups is 1. The summed E-state index contributed by atoms with van der Waals surface area (Å²) in [5.41, 5.74) is -0.298. The van der Waals surface area contributed by atoms with Crippen LogP contribution in [0, 0.1) is 5.41 Å². The van der Waals surface area contributed by atoms with Crippen molar-refractivity contribution in [3.8, 4) is 0 Å². The highest BCUT2D eigenvalue weighted by Crippen LogP contribution is 2.39. The molecule has 0 spiro atoms. The van der Waals surface area contributed by atoms with Crippen LogP contribution in [0.1, 0.15) is 39.0 Å². The van der Waals surface area contributed by atoms with Crippen molar-refractivity contribution in [2.75, 3.05) is 66.6 Å². The number of rotatable bonds is 5. The predicted octanol–water partition coefficient (Wildman–Crippen LogP) is 1.01. The van der Waals surface area contributed by atoms with E-state index in [1.54, 1.807) is 4.90 Å². The molecule has 2 aliphatic heterocycles. The van der Waals surface area contributed by atoms with Gasteiger partial charge in [-0.3, -0.25) is 14.7 Å². The Labute approximate surface area is 164 Å². The second kappa shape index (κ2) is 9.24. The highest BCUT2D eigenvalue weighted by atomic mass is 16.5. The van der Waals surface area contributed by atoms with E-state index >= 15 is 0 Å². The number of morpholine rings is 1. The molecule has 2 saturated heterocycles. The summed E-state index contributed by atoms with van der Waals surface area (Å²) in [5, 5.41) is 3.47. The van der Waals surface area contributed by atoms with E-state index in [-0.39, 0.29) is 11.3 Å². The van der Waals surface area contributed by atoms with Crippen molar-refractivity contribution in [2.24, 2.45) is 10.4 Å². The molecule has 154 valence electrons. The lowest BCUT2D eigenvalue weighted by molar-refractivity contribution is -0.138. The molecule has 1 saturated carbocycles. The minimum atomic E-state index is -0.298. The van der Waals surface area contributed by atoms with E-state index < -0.39 is 0 Å². The molecule has 0 aromatic rings. The molecule has 0 aromatic carbocycles. The zero-order valence-electron chi connectivity index (χ0n) is 17.4. The first-order valence-corrected chi connectivity index (χ1v) is 10.6. The summed E-state index contributed by atoms with van der Waals surface area (Å²) in [6.07, 6.45) is 5.36. The molecular weight excluding hydrogens is 342 g/mol. The highest BCUT2D eigenvalue weighted by molar-refractivity contribution is 5.84. The van der Waals surface area contributed by atoms with Crippen molar-refractivity contribution in [2.45, 2.75) is 45.1 Å². The summed E-state index contributed by atoms with van der Waals surface area (Å²) in [6.45, 7) is 9.38. The maximum absolute atomic E-state index is 12.8. The molecule has 27 heavy (non-hydrogen) atoms. The topological polar surface area (TPSA) is 60.4 Å². The van der Waals surface area contributed by atoms with Crippen LogP contribution in [0.25, 0.3) is 0 Å². The number of nitrogens with zero attached hydrogens (tertiary/aromatic N) is 4. The van der Waals surface area contributed by atoms with Crippen molar-refractivity contribution < 1.29 is 9.53 Å². The third-order valence-electron chi connectivity index (χ3n) is 6.31. The first-order valence-electron chi connectivity index (χ1n) is 10.6. The van der Waals surface area contributed by atoms with Crippen LogP contribution < -0.4 is 5.32 Å². The lowest BCUT2D eigenvalue weighted by Gasteiger charge is -2.32. The molecule has 7 nitrogen and oxygen atoms in total. The monoisotopic (exact) mass is 379 g/mol. The van der Waals surface area contributed by atoms with Gasteiger partial charge in [-0.1, -0.05) is 12.8 Å². The van der Waals surface area contributed by atoms with Crippen molar-refractivity contribution in [1.29, 1.82) is 0 Å². The van der Waals surface area contributed by atoms with Gasteiger partial charge in [0.15, 0.2) is 5.96 Å². The first-order chi connectivity index (χ1) is 13.1. The molecule has 1 aliphatic carbocycles. The van der Waals surface area contributed by atoms with Crippen LogP contribution in [0.5, 0.6) is 0 Å². The van der Waals surface area contributed by atoms with Gasteiger partial charge in [0.25, 0.3) is 0 Å². The molecule has 0 bridgehead atoms. The maximum Gasteiger partial charge on any atom is 0.230 e. The van der Waals surface area contributed by atoms with Crippen molar-refractivity contribution in [3.05, 3.63) is 0 Å². The van der Waals surface area contributed by atoms with Crippen LogP contribution in [0.15, 0.2) is 4.99 Å². The molecule has 3 fully saturated rings. The van der Waals surface area contributed by atoms with E-state index in [4.69, 9.17) is 9.73 Å². The Balaban J connectivity index is 1.66. The Morgan fingerprint density at radius 3 is 2.56 bits per heavy atom. The first kappa shape index (κ1) is 20.4. The number of guanidine groups is 1. The van der Waals surface area contributed by atoms with Crippen LogP contribution in [0.3, 0.4) is 0 Å². The third kappa shape index (κ3) is 4.74. The molecule has 1 amide bonds. The van der Waals surface area contributed by atoms with Crippen molar-refractivity contribution >= 4 is 11.9 Å². The zero-order chi connectivity index (χ0) is 19.3. The fraction of sp³-hybridized carbons (Fsp3) is 0.900. The largest absolute Gasteiger partial charge is 0.379 e. The molecule has 7 heteroatoms. The van der Waals surface area contributed by atoms with Gasteiger partial charge in [-0.15, -0.1) is 0 Å². The summed E-state index contributed by atoms with van der Waals surface area (Å²) < 4.78 is 5.49. The van der Waals surface area contributed by atoms with Crippen LogP contribution in [-0.4, -0.2) is 99.2 Å². The fourth-order valence-corrected chi connectivity index (χ4v) is 4.79. The lowest BCUT2D eigenvalue weighted by atomic mass is 9.85. The molecule has 1 unspecified atom stereocenters. The molecule has 0 radical (unpaired) electrons. The van der Waals surface area contributed by atoms with Gasteiger partial charge >= 0.3 is 0 Å². The molecular formula is C20H37N5O2. The number of amides is 1. The molecule has 0 aromatic heterocycles. The highest BCUT2D eigenvalue weighted by Gasteiger charge is 2.42. The Kier molecular flexibility index (Phi) is 6.98. The Bertz CT molecular complexity index is 524. The van der Waals surface area contributed by atoms with Gasteiger partial charge in [0.05, 0.1) is 25.2 Å². The minimum absolute atomic E-state index is 0.243. The third-order valence-corrected chi connectivity index (χ3v) is 6.31. The van der Waals surface area contributed by atoms with Crippen LogP contribution in [-0.2, 0) is 9.53 Å². The quantitative estimate of drug-likeness (QED) is 0.571. The van der Waals surface area contributed by atoms with Crippen molar-refractivity contribution in [1.82, 2.24) is 20.0 Å². The summed E-state index contributed by atoms with van der Waals surface area (Å²) >= 11 is 0. The number of ether oxygens (including phenoxy) is 1. The number of hydrogen-bond donors (Lipinski definition) is 1. The van der Waals surface area contributed by atoms with E-state index in [9.17, 15) is 4.79 Å². The SMILES string of the molecule is CCNC(=NCC1(C(=O)N(C)C)CCCC1)N1CCC(N2CCOCC2)C1. The Hall–Kier alpha value is -1.34. The van der Waals surface area contributed by atoms with E-state index in [2.05, 4.69) is 22.0 Å². The van der Waals surface area contributed by atoms with E-state index in [0.29, 0.717) is 12.6 Å². The van der Waals surface area contributed by atoms with Gasteiger partial charge in [0.2, 0.25) is 5.91 Å². The van der Waals surface area contributed by atoms with E-state index in [0.717, 1.165) is 77.6 Å². The average molecular weight is 380 g/mol. The Morgan fingerprint density at radius 2 is 1.93 bits per heavy atom. The maximum atomic E-state index is 12.8. The summed E-state index contributed by atoms with van der Waals surface area (Å²) in [4.78, 5) is 24.5. The van der Waals surface area contributed by atoms with Gasteiger partial charge < -0.3 is 19.9 Å². The van der Waals surface area contributed by atoms with Crippen LogP contribution in [0.4, 0.5) is 0 Å². The predicted molar refractivity (Wildman–Crippen MR) is 108 cm³/mol. The van der Waals surface area contributed by atoms with Gasteiger partial charge in [0.1, 0.15) is 0 Å². The summed E-state index contributed by atoms with van der Waals surface area (Å²) in [6, 6.07) is 0.585. The average Bonchev–Trinajstić information content (AvgIpc) is 3.36. The Morgan fingerprint density at radius 1 is 1.22 bits per heavy atom. The van der Waals surface area contributed by atoms with Crippen molar-refractivity contribution in [3.63, 3.8) is 0 Å². The second-order valence-corrected chi connectivity index (χ2v) is 8.39. The summed E-state index contributed by atoms with van der Waals surface area (Å²) in [7, 11) is 3.73. The zero-order valence-corrected chi connectivity index (χ0v) is 17.4. The summed E-state index contributed by atoms with van der Waals surface area (Å²) in [5.74, 6) is 1.22. The number of likely N-dealkylation sites (tertiary alicyclic amines) is 1. The molecule has 1 N–H and O–H groups in total. The molecule has 3 aliphatic rings.